The van der Waals surface area contributed by atoms with Gasteiger partial charge >= 0.3 is 0 Å². The molecule has 0 aromatic heterocycles. The molecule has 0 aliphatic carbocycles. The molecule has 0 amide bonds. The van der Waals surface area contributed by atoms with Crippen molar-refractivity contribution in [1.29, 1.82) is 0 Å². The highest BCUT2D eigenvalue weighted by atomic mass is 79.9. The molecule has 1 atom stereocenters. The van der Waals surface area contributed by atoms with E-state index in [-0.39, 0.29) is 0 Å². The average Bonchev–Trinajstić information content (AvgIpc) is 2.07. The Bertz CT molecular complexity index is 296. The first-order chi connectivity index (χ1) is 5.77. The molecule has 2 rings (SSSR count). The van der Waals surface area contributed by atoms with Crippen molar-refractivity contribution >= 4 is 15.9 Å². The smallest absolute Gasteiger partial charge is 0.137 e. The van der Waals surface area contributed by atoms with Crippen LogP contribution in [0.1, 0.15) is 18.9 Å². The maximum Gasteiger partial charge on any atom is 0.137 e. The van der Waals surface area contributed by atoms with Gasteiger partial charge in [0.05, 0.1) is 10.6 Å². The molecule has 1 aromatic rings. The van der Waals surface area contributed by atoms with Crippen molar-refractivity contribution in [3.8, 4) is 5.75 Å². The molecule has 0 N–H and O–H groups in total. The van der Waals surface area contributed by atoms with Gasteiger partial charge in [0.15, 0.2) is 0 Å². The van der Waals surface area contributed by atoms with Crippen LogP contribution in [-0.4, -0.2) is 6.10 Å². The summed E-state index contributed by atoms with van der Waals surface area (Å²) in [7, 11) is 0. The van der Waals surface area contributed by atoms with Crippen LogP contribution in [0.25, 0.3) is 0 Å². The molecule has 0 fully saturated rings. The minimum absolute atomic E-state index is 0.358. The molecule has 1 aromatic carbocycles. The van der Waals surface area contributed by atoms with Gasteiger partial charge in [0.25, 0.3) is 0 Å². The van der Waals surface area contributed by atoms with Gasteiger partial charge in [-0.15, -0.1) is 0 Å². The second kappa shape index (κ2) is 3.09. The molecule has 2 heteroatoms. The molecule has 1 aliphatic rings. The summed E-state index contributed by atoms with van der Waals surface area (Å²) in [6.07, 6.45) is 2.62. The second-order valence-corrected chi connectivity index (χ2v) is 4.05. The Morgan fingerprint density at radius 2 is 2.33 bits per heavy atom. The molecule has 1 nitrogen and oxygen atoms in total. The fourth-order valence-electron chi connectivity index (χ4n) is 1.50. The number of ether oxygens (including phenoxy) is 1. The molecule has 0 saturated carbocycles. The Labute approximate surface area is 80.9 Å². The highest BCUT2D eigenvalue weighted by molar-refractivity contribution is 9.10. The van der Waals surface area contributed by atoms with E-state index in [1.54, 1.807) is 0 Å². The highest BCUT2D eigenvalue weighted by Crippen LogP contribution is 2.34. The minimum atomic E-state index is 0.358. The van der Waals surface area contributed by atoms with E-state index in [2.05, 4.69) is 35.0 Å². The zero-order chi connectivity index (χ0) is 8.55. The van der Waals surface area contributed by atoms with Gasteiger partial charge in [0.1, 0.15) is 5.75 Å². The second-order valence-electron chi connectivity index (χ2n) is 3.20. The van der Waals surface area contributed by atoms with Crippen molar-refractivity contribution in [2.75, 3.05) is 0 Å². The van der Waals surface area contributed by atoms with Gasteiger partial charge in [-0.3, -0.25) is 0 Å². The number of benzene rings is 1. The molecule has 0 saturated heterocycles. The molecular formula is C10H11BrO. The number of rotatable bonds is 0. The van der Waals surface area contributed by atoms with Crippen LogP contribution < -0.4 is 4.74 Å². The van der Waals surface area contributed by atoms with Crippen molar-refractivity contribution in [2.45, 2.75) is 25.9 Å². The van der Waals surface area contributed by atoms with Crippen molar-refractivity contribution in [3.63, 3.8) is 0 Å². The molecular weight excluding hydrogens is 216 g/mol. The molecule has 64 valence electrons. The molecule has 0 spiro atoms. The number of fused-ring (bicyclic) bond motifs is 1. The van der Waals surface area contributed by atoms with Gasteiger partial charge < -0.3 is 4.74 Å². The maximum absolute atomic E-state index is 5.72. The summed E-state index contributed by atoms with van der Waals surface area (Å²) in [4.78, 5) is 0. The van der Waals surface area contributed by atoms with E-state index in [1.807, 2.05) is 6.07 Å². The van der Waals surface area contributed by atoms with Crippen LogP contribution in [0.2, 0.25) is 0 Å². The van der Waals surface area contributed by atoms with Crippen molar-refractivity contribution in [2.24, 2.45) is 0 Å². The predicted octanol–water partition coefficient (Wildman–Crippen LogP) is 3.16. The van der Waals surface area contributed by atoms with Gasteiger partial charge in [0.2, 0.25) is 0 Å². The first kappa shape index (κ1) is 8.11. The van der Waals surface area contributed by atoms with Gasteiger partial charge in [-0.1, -0.05) is 12.1 Å². The largest absolute Gasteiger partial charge is 0.489 e. The summed E-state index contributed by atoms with van der Waals surface area (Å²) >= 11 is 3.48. The topological polar surface area (TPSA) is 9.23 Å². The summed E-state index contributed by atoms with van der Waals surface area (Å²) in [5.74, 6) is 1.04. The molecule has 1 aliphatic heterocycles. The summed E-state index contributed by atoms with van der Waals surface area (Å²) in [6.45, 7) is 2.11. The van der Waals surface area contributed by atoms with Crippen molar-refractivity contribution in [3.05, 3.63) is 28.2 Å². The Kier molecular flexibility index (Phi) is 2.09. The number of hydrogen-bond acceptors (Lipinski definition) is 1. The van der Waals surface area contributed by atoms with Crippen LogP contribution in [-0.2, 0) is 6.42 Å². The minimum Gasteiger partial charge on any atom is -0.489 e. The Hall–Kier alpha value is -0.500. The van der Waals surface area contributed by atoms with Gasteiger partial charge in [0, 0.05) is 0 Å². The van der Waals surface area contributed by atoms with E-state index in [0.717, 1.165) is 23.1 Å². The van der Waals surface area contributed by atoms with E-state index in [1.165, 1.54) is 5.56 Å². The number of para-hydroxylation sites is 1. The Morgan fingerprint density at radius 1 is 1.50 bits per heavy atom. The van der Waals surface area contributed by atoms with Crippen molar-refractivity contribution in [1.82, 2.24) is 0 Å². The summed E-state index contributed by atoms with van der Waals surface area (Å²) in [5, 5.41) is 0. The first-order valence-corrected chi connectivity index (χ1v) is 5.00. The third-order valence-corrected chi connectivity index (χ3v) is 2.81. The number of halogens is 1. The molecule has 1 heterocycles. The fourth-order valence-corrected chi connectivity index (χ4v) is 2.00. The number of hydrogen-bond donors (Lipinski definition) is 0. The van der Waals surface area contributed by atoms with Gasteiger partial charge in [-0.2, -0.15) is 0 Å². The average molecular weight is 227 g/mol. The lowest BCUT2D eigenvalue weighted by molar-refractivity contribution is 0.191. The Morgan fingerprint density at radius 3 is 3.17 bits per heavy atom. The fraction of sp³-hybridized carbons (Fsp3) is 0.400. The normalized spacial score (nSPS) is 21.3. The quantitative estimate of drug-likeness (QED) is 0.661. The molecule has 12 heavy (non-hydrogen) atoms. The van der Waals surface area contributed by atoms with Crippen LogP contribution in [0.15, 0.2) is 22.7 Å². The number of aryl methyl sites for hydroxylation is 1. The maximum atomic E-state index is 5.72. The highest BCUT2D eigenvalue weighted by Gasteiger charge is 2.17. The van der Waals surface area contributed by atoms with E-state index >= 15 is 0 Å². The summed E-state index contributed by atoms with van der Waals surface area (Å²) < 4.78 is 6.79. The van der Waals surface area contributed by atoms with E-state index in [9.17, 15) is 0 Å². The standard InChI is InChI=1S/C10H11BrO/c1-7-5-6-8-3-2-4-9(11)10(8)12-7/h2-4,7H,5-6H2,1H3. The zero-order valence-electron chi connectivity index (χ0n) is 7.01. The summed E-state index contributed by atoms with van der Waals surface area (Å²) in [5.41, 5.74) is 1.32. The third-order valence-electron chi connectivity index (χ3n) is 2.19. The lowest BCUT2D eigenvalue weighted by Crippen LogP contribution is -2.18. The lowest BCUT2D eigenvalue weighted by Gasteiger charge is -2.23. The van der Waals surface area contributed by atoms with Crippen LogP contribution in [0.4, 0.5) is 0 Å². The third kappa shape index (κ3) is 1.36. The van der Waals surface area contributed by atoms with Crippen molar-refractivity contribution < 1.29 is 4.74 Å². The lowest BCUT2D eigenvalue weighted by atomic mass is 10.0. The first-order valence-electron chi connectivity index (χ1n) is 4.21. The van der Waals surface area contributed by atoms with E-state index in [4.69, 9.17) is 4.74 Å². The Balaban J connectivity index is 2.43. The van der Waals surface area contributed by atoms with E-state index < -0.39 is 0 Å². The monoisotopic (exact) mass is 226 g/mol. The zero-order valence-corrected chi connectivity index (χ0v) is 8.60. The van der Waals surface area contributed by atoms with Crippen LogP contribution in [0, 0.1) is 0 Å². The SMILES string of the molecule is CC1CCc2cccc(Br)c2O1. The van der Waals surface area contributed by atoms with Crippen LogP contribution in [0.3, 0.4) is 0 Å². The van der Waals surface area contributed by atoms with Gasteiger partial charge in [-0.05, 0) is 47.3 Å². The predicted molar refractivity (Wildman–Crippen MR) is 52.6 cm³/mol. The van der Waals surface area contributed by atoms with E-state index in [0.29, 0.717) is 6.10 Å². The molecule has 0 bridgehead atoms. The summed E-state index contributed by atoms with van der Waals surface area (Å²) in [6, 6.07) is 6.21. The molecule has 0 radical (unpaired) electrons. The van der Waals surface area contributed by atoms with Gasteiger partial charge in [-0.25, -0.2) is 0 Å². The van der Waals surface area contributed by atoms with Crippen LogP contribution in [0.5, 0.6) is 5.75 Å². The van der Waals surface area contributed by atoms with Crippen LogP contribution >= 0.6 is 15.9 Å². The molecule has 1 unspecified atom stereocenters.